The number of aryl methyl sites for hydroxylation is 1. The van der Waals surface area contributed by atoms with Crippen LogP contribution in [0.25, 0.3) is 0 Å². The normalized spacial score (nSPS) is 12.3. The van der Waals surface area contributed by atoms with E-state index in [2.05, 4.69) is 20.6 Å². The number of aromatic nitrogens is 2. The fourth-order valence-electron chi connectivity index (χ4n) is 1.30. The molecular formula is C10H18N4O. The maximum Gasteiger partial charge on any atom is 0.224 e. The topological polar surface area (TPSA) is 59.1 Å². The molecule has 84 valence electrons. The Morgan fingerprint density at radius 1 is 1.47 bits per heavy atom. The van der Waals surface area contributed by atoms with Crippen molar-refractivity contribution in [2.24, 2.45) is 0 Å². The van der Waals surface area contributed by atoms with E-state index in [1.54, 1.807) is 14.2 Å². The molecule has 0 amide bonds. The molecule has 1 heterocycles. The standard InChI is InChI=1S/C10H18N4O/c1-7-5-9(12-8(2)6-15-4)14-10(11-3)13-7/h5,8H,6H2,1-4H3,(H2,11,12,13,14). The highest BCUT2D eigenvalue weighted by Gasteiger charge is 2.04. The first kappa shape index (κ1) is 11.7. The molecule has 1 rings (SSSR count). The van der Waals surface area contributed by atoms with E-state index in [0.717, 1.165) is 11.5 Å². The van der Waals surface area contributed by atoms with Crippen LogP contribution in [-0.2, 0) is 4.74 Å². The lowest BCUT2D eigenvalue weighted by Crippen LogP contribution is -2.21. The second-order valence-corrected chi connectivity index (χ2v) is 3.47. The molecule has 0 bridgehead atoms. The van der Waals surface area contributed by atoms with Gasteiger partial charge in [0.25, 0.3) is 0 Å². The third kappa shape index (κ3) is 3.71. The Balaban J connectivity index is 2.71. The van der Waals surface area contributed by atoms with E-state index < -0.39 is 0 Å². The minimum atomic E-state index is 0.231. The van der Waals surface area contributed by atoms with Crippen molar-refractivity contribution in [1.82, 2.24) is 9.97 Å². The highest BCUT2D eigenvalue weighted by atomic mass is 16.5. The highest BCUT2D eigenvalue weighted by Crippen LogP contribution is 2.10. The summed E-state index contributed by atoms with van der Waals surface area (Å²) in [6.07, 6.45) is 0. The van der Waals surface area contributed by atoms with Crippen LogP contribution in [0.4, 0.5) is 11.8 Å². The summed E-state index contributed by atoms with van der Waals surface area (Å²) < 4.78 is 5.04. The molecule has 1 atom stereocenters. The Labute approximate surface area is 90.3 Å². The van der Waals surface area contributed by atoms with Crippen molar-refractivity contribution in [3.63, 3.8) is 0 Å². The summed E-state index contributed by atoms with van der Waals surface area (Å²) in [4.78, 5) is 8.50. The number of nitrogens with zero attached hydrogens (tertiary/aromatic N) is 2. The van der Waals surface area contributed by atoms with Gasteiger partial charge in [-0.3, -0.25) is 0 Å². The van der Waals surface area contributed by atoms with Crippen molar-refractivity contribution < 1.29 is 4.74 Å². The second-order valence-electron chi connectivity index (χ2n) is 3.47. The van der Waals surface area contributed by atoms with Gasteiger partial charge in [0.2, 0.25) is 5.95 Å². The maximum absolute atomic E-state index is 5.04. The molecule has 0 radical (unpaired) electrons. The zero-order valence-electron chi connectivity index (χ0n) is 9.66. The molecule has 0 saturated carbocycles. The van der Waals surface area contributed by atoms with Crippen LogP contribution in [-0.4, -0.2) is 36.8 Å². The lowest BCUT2D eigenvalue weighted by Gasteiger charge is -2.14. The number of methoxy groups -OCH3 is 1. The highest BCUT2D eigenvalue weighted by molar-refractivity contribution is 5.42. The van der Waals surface area contributed by atoms with Gasteiger partial charge in [-0.25, -0.2) is 4.98 Å². The number of anilines is 2. The smallest absolute Gasteiger partial charge is 0.224 e. The Morgan fingerprint density at radius 2 is 2.20 bits per heavy atom. The van der Waals surface area contributed by atoms with Gasteiger partial charge in [-0.05, 0) is 13.8 Å². The van der Waals surface area contributed by atoms with Gasteiger partial charge >= 0.3 is 0 Å². The second kappa shape index (κ2) is 5.50. The van der Waals surface area contributed by atoms with Gasteiger partial charge in [0.05, 0.1) is 6.61 Å². The van der Waals surface area contributed by atoms with E-state index in [1.807, 2.05) is 19.9 Å². The molecule has 5 nitrogen and oxygen atoms in total. The molecule has 2 N–H and O–H groups in total. The Hall–Kier alpha value is -1.36. The molecule has 15 heavy (non-hydrogen) atoms. The first-order valence-electron chi connectivity index (χ1n) is 4.94. The third-order valence-corrected chi connectivity index (χ3v) is 1.89. The van der Waals surface area contributed by atoms with Gasteiger partial charge in [-0.15, -0.1) is 0 Å². The first-order valence-corrected chi connectivity index (χ1v) is 4.94. The molecule has 0 saturated heterocycles. The molecule has 1 unspecified atom stereocenters. The van der Waals surface area contributed by atoms with Crippen molar-refractivity contribution in [2.45, 2.75) is 19.9 Å². The molecule has 0 aliphatic heterocycles. The average molecular weight is 210 g/mol. The Bertz CT molecular complexity index is 316. The molecule has 1 aromatic heterocycles. The summed E-state index contributed by atoms with van der Waals surface area (Å²) in [6, 6.07) is 2.14. The summed E-state index contributed by atoms with van der Waals surface area (Å²) in [6.45, 7) is 4.63. The first-order chi connectivity index (χ1) is 7.15. The van der Waals surface area contributed by atoms with Crippen LogP contribution in [0.3, 0.4) is 0 Å². The van der Waals surface area contributed by atoms with Crippen LogP contribution in [0.5, 0.6) is 0 Å². The molecule has 0 fully saturated rings. The maximum atomic E-state index is 5.04. The number of hydrogen-bond acceptors (Lipinski definition) is 5. The Morgan fingerprint density at radius 3 is 2.80 bits per heavy atom. The van der Waals surface area contributed by atoms with Crippen LogP contribution in [0.1, 0.15) is 12.6 Å². The van der Waals surface area contributed by atoms with Gasteiger partial charge in [-0.2, -0.15) is 4.98 Å². The van der Waals surface area contributed by atoms with Gasteiger partial charge in [0.15, 0.2) is 0 Å². The third-order valence-electron chi connectivity index (χ3n) is 1.89. The molecule has 5 heteroatoms. The van der Waals surface area contributed by atoms with E-state index in [1.165, 1.54) is 0 Å². The SMILES string of the molecule is CNc1nc(C)cc(NC(C)COC)n1. The molecule has 0 aliphatic carbocycles. The summed E-state index contributed by atoms with van der Waals surface area (Å²) in [5.41, 5.74) is 0.932. The quantitative estimate of drug-likeness (QED) is 0.766. The number of hydrogen-bond donors (Lipinski definition) is 2. The molecule has 0 spiro atoms. The van der Waals surface area contributed by atoms with Crippen molar-refractivity contribution in [1.29, 1.82) is 0 Å². The summed E-state index contributed by atoms with van der Waals surface area (Å²) >= 11 is 0. The molecule has 0 aliphatic rings. The summed E-state index contributed by atoms with van der Waals surface area (Å²) in [7, 11) is 3.49. The molecular weight excluding hydrogens is 192 g/mol. The monoisotopic (exact) mass is 210 g/mol. The van der Waals surface area contributed by atoms with Crippen molar-refractivity contribution >= 4 is 11.8 Å². The predicted octanol–water partition coefficient (Wildman–Crippen LogP) is 1.27. The lowest BCUT2D eigenvalue weighted by molar-refractivity contribution is 0.190. The van der Waals surface area contributed by atoms with E-state index in [-0.39, 0.29) is 6.04 Å². The van der Waals surface area contributed by atoms with Gasteiger partial charge < -0.3 is 15.4 Å². The predicted molar refractivity (Wildman–Crippen MR) is 61.3 cm³/mol. The van der Waals surface area contributed by atoms with Crippen LogP contribution in [0.2, 0.25) is 0 Å². The van der Waals surface area contributed by atoms with Crippen molar-refractivity contribution in [3.8, 4) is 0 Å². The fraction of sp³-hybridized carbons (Fsp3) is 0.600. The van der Waals surface area contributed by atoms with E-state index in [9.17, 15) is 0 Å². The van der Waals surface area contributed by atoms with E-state index in [4.69, 9.17) is 4.74 Å². The lowest BCUT2D eigenvalue weighted by atomic mass is 10.3. The minimum Gasteiger partial charge on any atom is -0.383 e. The number of rotatable bonds is 5. The Kier molecular flexibility index (Phi) is 4.30. The van der Waals surface area contributed by atoms with Crippen LogP contribution in [0, 0.1) is 6.92 Å². The largest absolute Gasteiger partial charge is 0.383 e. The van der Waals surface area contributed by atoms with Crippen LogP contribution < -0.4 is 10.6 Å². The van der Waals surface area contributed by atoms with E-state index >= 15 is 0 Å². The van der Waals surface area contributed by atoms with Gasteiger partial charge in [0, 0.05) is 32.0 Å². The van der Waals surface area contributed by atoms with Crippen molar-refractivity contribution in [3.05, 3.63) is 11.8 Å². The van der Waals surface area contributed by atoms with Gasteiger partial charge in [0.1, 0.15) is 5.82 Å². The average Bonchev–Trinajstić information content (AvgIpc) is 2.17. The molecule has 0 aromatic carbocycles. The minimum absolute atomic E-state index is 0.231. The molecule has 1 aromatic rings. The fourth-order valence-corrected chi connectivity index (χ4v) is 1.30. The van der Waals surface area contributed by atoms with Gasteiger partial charge in [-0.1, -0.05) is 0 Å². The van der Waals surface area contributed by atoms with E-state index in [0.29, 0.717) is 12.6 Å². The zero-order chi connectivity index (χ0) is 11.3. The van der Waals surface area contributed by atoms with Crippen LogP contribution in [0.15, 0.2) is 6.07 Å². The van der Waals surface area contributed by atoms with Crippen LogP contribution >= 0.6 is 0 Å². The zero-order valence-corrected chi connectivity index (χ0v) is 9.66. The van der Waals surface area contributed by atoms with Crippen molar-refractivity contribution in [2.75, 3.05) is 31.4 Å². The number of nitrogens with one attached hydrogen (secondary N) is 2. The number of ether oxygens (including phenoxy) is 1. The summed E-state index contributed by atoms with van der Waals surface area (Å²) in [5.74, 6) is 1.44. The summed E-state index contributed by atoms with van der Waals surface area (Å²) in [5, 5.41) is 6.16.